The van der Waals surface area contributed by atoms with Crippen molar-refractivity contribution in [2.24, 2.45) is 17.2 Å². The number of phenols is 1. The number of halogens is 6. The number of carbonyl (C=O) groups is 3. The molecule has 0 aromatic heterocycles. The van der Waals surface area contributed by atoms with Crippen molar-refractivity contribution in [1.82, 2.24) is 0 Å². The number of para-hydroxylation sites is 4. The number of nitrogens with two attached hydrogens (primary N) is 3. The van der Waals surface area contributed by atoms with Gasteiger partial charge in [-0.3, -0.25) is 19.1 Å². The zero-order valence-electron chi connectivity index (χ0n) is 52.4. The Morgan fingerprint density at radius 1 is 0.516 bits per heavy atom. The first-order valence-corrected chi connectivity index (χ1v) is 30.0. The Labute approximate surface area is 578 Å². The molecule has 478 valence electrons. The monoisotopic (exact) mass is 1450 g/mol. The van der Waals surface area contributed by atoms with E-state index in [0.29, 0.717) is 51.6 Å². The molecule has 0 aliphatic heterocycles. The van der Waals surface area contributed by atoms with E-state index < -0.39 is 11.6 Å². The van der Waals surface area contributed by atoms with Gasteiger partial charge in [-0.25, -0.2) is 8.78 Å². The fourth-order valence-electron chi connectivity index (χ4n) is 7.72. The van der Waals surface area contributed by atoms with Crippen LogP contribution >= 0.6 is 47.8 Å². The van der Waals surface area contributed by atoms with Gasteiger partial charge in [0.05, 0.1) is 52.5 Å². The molecule has 3 amide bonds. The predicted octanol–water partition coefficient (Wildman–Crippen LogP) is 13.0. The number of nitrogens with zero attached hydrogens (tertiary/aromatic N) is 2. The molecule has 0 saturated carbocycles. The summed E-state index contributed by atoms with van der Waals surface area (Å²) in [4.78, 5) is 38.4. The zero-order valence-corrected chi connectivity index (χ0v) is 58.1. The number of hydrogen-bond acceptors (Lipinski definition) is 13. The summed E-state index contributed by atoms with van der Waals surface area (Å²) < 4.78 is 57.6. The van der Waals surface area contributed by atoms with E-state index in [9.17, 15) is 23.2 Å². The molecule has 0 aliphatic carbocycles. The van der Waals surface area contributed by atoms with Crippen molar-refractivity contribution < 1.29 is 87.6 Å². The molecule has 0 fully saturated rings. The molecule has 9 aromatic rings. The number of carbonyl (C=O) groups excluding carboxylic acids is 3. The van der Waals surface area contributed by atoms with E-state index in [1.807, 2.05) is 121 Å². The maximum Gasteiger partial charge on any atom is 1.00 e. The van der Waals surface area contributed by atoms with Crippen molar-refractivity contribution in [3.05, 3.63) is 250 Å². The molecule has 16 nitrogen and oxygen atoms in total. The van der Waals surface area contributed by atoms with Crippen molar-refractivity contribution in [2.75, 3.05) is 55.1 Å². The third-order valence-electron chi connectivity index (χ3n) is 11.9. The average molecular weight is 1450 g/mol. The van der Waals surface area contributed by atoms with Crippen LogP contribution in [0.5, 0.6) is 46.0 Å². The van der Waals surface area contributed by atoms with Gasteiger partial charge in [0.1, 0.15) is 46.1 Å². The Kier molecular flexibility index (Phi) is 38.1. The van der Waals surface area contributed by atoms with Crippen molar-refractivity contribution >= 4 is 88.3 Å². The molecule has 9 N–H and O–H groups in total. The van der Waals surface area contributed by atoms with Crippen LogP contribution in [0.25, 0.3) is 0 Å². The Morgan fingerprint density at radius 2 is 0.890 bits per heavy atom. The number of rotatable bonds is 17. The van der Waals surface area contributed by atoms with Crippen LogP contribution in [0.15, 0.2) is 221 Å². The van der Waals surface area contributed by atoms with Crippen LogP contribution < -0.4 is 90.9 Å². The number of hydrogen-bond donors (Lipinski definition) is 6. The first-order chi connectivity index (χ1) is 42.9. The molecule has 0 radical (unpaired) electrons. The first-order valence-electron chi connectivity index (χ1n) is 27.3. The van der Waals surface area contributed by atoms with Crippen molar-refractivity contribution in [1.29, 1.82) is 0 Å². The molecule has 0 unspecified atom stereocenters. The number of nitrogens with one attached hydrogen (secondary N) is 2. The second kappa shape index (κ2) is 43.7. The van der Waals surface area contributed by atoms with Crippen LogP contribution in [-0.4, -0.2) is 57.5 Å². The van der Waals surface area contributed by atoms with Crippen LogP contribution in [0, 0.1) is 11.6 Å². The minimum absolute atomic E-state index is 0. The minimum atomic E-state index is -0.470. The zero-order chi connectivity index (χ0) is 65.1. The van der Waals surface area contributed by atoms with Gasteiger partial charge >= 0.3 is 29.6 Å². The van der Waals surface area contributed by atoms with E-state index >= 15 is 0 Å². The van der Waals surface area contributed by atoms with Gasteiger partial charge in [0.15, 0.2) is 11.5 Å². The number of aromatic hydroxyl groups is 1. The molecule has 0 atom stereocenters. The topological polar surface area (TPSA) is 226 Å². The fraction of sp³-hybridized carbons (Fsp3) is 0.162. The SMILES string of the molecule is CC(=O)Nc1ccccc1.COc1ccc(Br)c(CBr)c1.COc1ccc(Br)c(CN(C(C)=O)c2cc(F)ccc2Oc2ccccc2)c1.COc1ccc(NCN)c(CN(C(C)=O)c2cc(F)ccc2Oc2ccccc2)c1.F.NCN.Oc1ccccc1.[H-].[Na+]. The van der Waals surface area contributed by atoms with E-state index in [1.165, 1.54) is 72.5 Å². The number of phenolic OH excluding ortho intramolecular Hbond substituents is 1. The third-order valence-corrected chi connectivity index (χ3v) is 14.0. The van der Waals surface area contributed by atoms with Crippen LogP contribution in [0.2, 0.25) is 0 Å². The van der Waals surface area contributed by atoms with E-state index in [1.54, 1.807) is 75.9 Å². The summed E-state index contributed by atoms with van der Waals surface area (Å²) in [7, 11) is 4.81. The Balaban J connectivity index is 0.000000620. The number of amides is 3. The quantitative estimate of drug-likeness (QED) is 0.0284. The molecule has 0 aliphatic rings. The fourth-order valence-corrected chi connectivity index (χ4v) is 9.32. The standard InChI is InChI=1S/C23H24FN3O3.C22H19BrFNO3.C8H8Br2O.C8H9NO.C6H6O.CH6N2.FH.Na.H/c1-16(28)27(14-17-12-20(29-2)9-10-21(17)26-15-25)22-13-18(24)8-11-23(22)30-19-6-4-3-5-7-19;1-15(26)25(14-16-12-19(27-2)9-10-20(16)23)21-13-17(24)8-11-22(21)28-18-6-4-3-5-7-18;1-11-7-2-3-8(10)6(4-7)5-9;1-7(10)9-8-5-3-2-4-6-8;7-6-4-2-1-3-5-6;2-1-3;;;/h3-13,26H,14-15,25H2,1-2H3;3-13H,14H2,1-2H3;2-4H,5H2,1H3;2-6H,1H3,(H,9,10);1-5,7H;1-3H2;1H;;/q;;;;;;;+1;-1. The summed E-state index contributed by atoms with van der Waals surface area (Å²) in [6.45, 7) is 5.22. The summed E-state index contributed by atoms with van der Waals surface area (Å²) in [5.74, 6) is 3.00. The van der Waals surface area contributed by atoms with Gasteiger partial charge in [0.25, 0.3) is 0 Å². The van der Waals surface area contributed by atoms with E-state index in [0.717, 1.165) is 42.5 Å². The van der Waals surface area contributed by atoms with Crippen LogP contribution in [0.4, 0.5) is 36.2 Å². The second-order valence-corrected chi connectivity index (χ2v) is 20.6. The second-order valence-electron chi connectivity index (χ2n) is 18.3. The molecule has 0 spiro atoms. The molecule has 0 heterocycles. The average Bonchev–Trinajstić information content (AvgIpc) is 1.15. The maximum absolute atomic E-state index is 14.1. The summed E-state index contributed by atoms with van der Waals surface area (Å²) >= 11 is 10.3. The van der Waals surface area contributed by atoms with Crippen LogP contribution in [-0.2, 0) is 32.8 Å². The largest absolute Gasteiger partial charge is 1.00 e. The van der Waals surface area contributed by atoms with E-state index in [-0.39, 0.29) is 79.8 Å². The smallest absolute Gasteiger partial charge is 1.00 e. The van der Waals surface area contributed by atoms with Gasteiger partial charge in [0, 0.05) is 65.2 Å². The van der Waals surface area contributed by atoms with Crippen LogP contribution in [0.1, 0.15) is 38.9 Å². The van der Waals surface area contributed by atoms with Gasteiger partial charge in [-0.05, 0) is 144 Å². The van der Waals surface area contributed by atoms with Gasteiger partial charge in [-0.15, -0.1) is 0 Å². The molecular formula is C68H74Br3F3N7NaO9. The van der Waals surface area contributed by atoms with Crippen molar-refractivity contribution in [2.45, 2.75) is 39.2 Å². The molecule has 9 aromatic carbocycles. The van der Waals surface area contributed by atoms with Crippen LogP contribution in [0.3, 0.4) is 0 Å². The first kappa shape index (κ1) is 79.2. The number of ether oxygens (including phenoxy) is 5. The summed E-state index contributed by atoms with van der Waals surface area (Å²) in [5.41, 5.74) is 20.0. The Hall–Kier alpha value is -7.90. The summed E-state index contributed by atoms with van der Waals surface area (Å²) in [5, 5.41) is 15.2. The number of anilines is 4. The van der Waals surface area contributed by atoms with Gasteiger partial charge in [-0.2, -0.15) is 0 Å². The van der Waals surface area contributed by atoms with Crippen molar-refractivity contribution in [3.63, 3.8) is 0 Å². The summed E-state index contributed by atoms with van der Waals surface area (Å²) in [6, 6.07) is 61.4. The van der Waals surface area contributed by atoms with Gasteiger partial charge < -0.3 is 67.9 Å². The molecule has 0 saturated heterocycles. The van der Waals surface area contributed by atoms with E-state index in [4.69, 9.17) is 34.5 Å². The van der Waals surface area contributed by atoms with Gasteiger partial charge in [0.2, 0.25) is 17.7 Å². The number of benzene rings is 9. The number of methoxy groups -OCH3 is 3. The Bertz CT molecular complexity index is 3610. The minimum Gasteiger partial charge on any atom is -1.00 e. The Morgan fingerprint density at radius 3 is 1.26 bits per heavy atom. The normalized spacial score (nSPS) is 9.65. The molecule has 91 heavy (non-hydrogen) atoms. The van der Waals surface area contributed by atoms with Gasteiger partial charge in [-0.1, -0.05) is 121 Å². The predicted molar refractivity (Wildman–Crippen MR) is 365 cm³/mol. The molecule has 0 bridgehead atoms. The molecule has 23 heteroatoms. The van der Waals surface area contributed by atoms with Crippen molar-refractivity contribution in [3.8, 4) is 46.0 Å². The summed E-state index contributed by atoms with van der Waals surface area (Å²) in [6.07, 6.45) is 0. The maximum atomic E-state index is 14.1. The molecular weight excluding hydrogens is 1380 g/mol. The molecule has 9 rings (SSSR count). The number of alkyl halides is 1. The third kappa shape index (κ3) is 28.4. The van der Waals surface area contributed by atoms with E-state index in [2.05, 4.69) is 69.9 Å².